The Balaban J connectivity index is 3.43. The van der Waals surface area contributed by atoms with E-state index in [1.165, 1.54) is 0 Å². The Kier molecular flexibility index (Phi) is 6.54. The van der Waals surface area contributed by atoms with Crippen LogP contribution < -0.4 is 0 Å². The first-order valence-corrected chi connectivity index (χ1v) is 8.80. The van der Waals surface area contributed by atoms with Gasteiger partial charge in [-0.05, 0) is 0 Å². The molecule has 0 rings (SSSR count). The van der Waals surface area contributed by atoms with Gasteiger partial charge in [-0.3, -0.25) is 0 Å². The van der Waals surface area contributed by atoms with Crippen LogP contribution in [0, 0.1) is 0 Å². The van der Waals surface area contributed by atoms with Crippen LogP contribution in [0.15, 0.2) is 0 Å². The van der Waals surface area contributed by atoms with Crippen molar-refractivity contribution in [1.29, 1.82) is 0 Å². The third kappa shape index (κ3) is 7.01. The van der Waals surface area contributed by atoms with E-state index in [9.17, 15) is 0 Å². The molecule has 0 fully saturated rings. The van der Waals surface area contributed by atoms with Crippen molar-refractivity contribution in [2.45, 2.75) is 37.1 Å². The maximum absolute atomic E-state index is 5.65. The Labute approximate surface area is 74.6 Å². The topological polar surface area (TPSA) is 18.5 Å². The Hall–Kier alpha value is 0.634. The standard InChI is InChI=1S/2C3H7O.2CH3.Ti/c2*1-2-3-4;;;/h2*2-3H2,1H3;2*1H3;/q2*-1;;;+2. The molecule has 68 valence electrons. The van der Waals surface area contributed by atoms with Crippen LogP contribution in [0.2, 0.25) is 10.5 Å². The first-order chi connectivity index (χ1) is 5.12. The first kappa shape index (κ1) is 11.6. The van der Waals surface area contributed by atoms with Crippen LogP contribution in [0.4, 0.5) is 0 Å². The zero-order valence-electron chi connectivity index (χ0n) is 8.14. The molecular weight excluding hydrogens is 176 g/mol. The van der Waals surface area contributed by atoms with Crippen LogP contribution in [0.1, 0.15) is 26.7 Å². The van der Waals surface area contributed by atoms with Crippen molar-refractivity contribution in [1.82, 2.24) is 0 Å². The molecule has 0 saturated heterocycles. The van der Waals surface area contributed by atoms with Gasteiger partial charge in [-0.1, -0.05) is 0 Å². The summed E-state index contributed by atoms with van der Waals surface area (Å²) in [6.45, 7) is 5.96. The summed E-state index contributed by atoms with van der Waals surface area (Å²) < 4.78 is 11.3. The van der Waals surface area contributed by atoms with E-state index in [2.05, 4.69) is 24.3 Å². The zero-order chi connectivity index (χ0) is 8.74. The van der Waals surface area contributed by atoms with Gasteiger partial charge >= 0.3 is 74.4 Å². The van der Waals surface area contributed by atoms with Gasteiger partial charge in [0.2, 0.25) is 0 Å². The molecule has 0 aromatic heterocycles. The molecule has 0 spiro atoms. The van der Waals surface area contributed by atoms with E-state index >= 15 is 0 Å². The Bertz CT molecular complexity index is 84.1. The van der Waals surface area contributed by atoms with Crippen molar-refractivity contribution >= 4 is 0 Å². The molecule has 0 radical (unpaired) electrons. The first-order valence-electron chi connectivity index (χ1n) is 4.40. The van der Waals surface area contributed by atoms with E-state index in [0.717, 1.165) is 26.1 Å². The van der Waals surface area contributed by atoms with E-state index in [4.69, 9.17) is 6.64 Å². The quantitative estimate of drug-likeness (QED) is 0.608. The van der Waals surface area contributed by atoms with Crippen molar-refractivity contribution in [3.8, 4) is 0 Å². The molecule has 3 heteroatoms. The molecule has 0 aliphatic carbocycles. The van der Waals surface area contributed by atoms with Gasteiger partial charge in [-0.2, -0.15) is 0 Å². The molecular formula is C8H20O2Ti. The van der Waals surface area contributed by atoms with Gasteiger partial charge < -0.3 is 0 Å². The van der Waals surface area contributed by atoms with Crippen LogP contribution in [-0.2, 0) is 24.0 Å². The molecule has 0 saturated carbocycles. The average Bonchev–Trinajstić information content (AvgIpc) is 1.97. The molecule has 2 nitrogen and oxygen atoms in total. The van der Waals surface area contributed by atoms with Gasteiger partial charge in [0.25, 0.3) is 0 Å². The molecule has 0 bridgehead atoms. The predicted molar refractivity (Wildman–Crippen MR) is 44.2 cm³/mol. The zero-order valence-corrected chi connectivity index (χ0v) is 9.71. The second-order valence-corrected chi connectivity index (χ2v) is 8.37. The number of hydrogen-bond donors (Lipinski definition) is 0. The maximum atomic E-state index is 5.65. The van der Waals surface area contributed by atoms with Gasteiger partial charge in [-0.15, -0.1) is 0 Å². The molecule has 0 unspecified atom stereocenters. The predicted octanol–water partition coefficient (Wildman–Crippen LogP) is 2.92. The van der Waals surface area contributed by atoms with Crippen LogP contribution in [0.25, 0.3) is 0 Å². The molecule has 0 atom stereocenters. The summed E-state index contributed by atoms with van der Waals surface area (Å²) in [5.41, 5.74) is 0. The summed E-state index contributed by atoms with van der Waals surface area (Å²) in [5, 5.41) is 4.29. The molecule has 0 N–H and O–H groups in total. The van der Waals surface area contributed by atoms with Gasteiger partial charge in [0.15, 0.2) is 0 Å². The second kappa shape index (κ2) is 6.18. The molecule has 0 aliphatic heterocycles. The summed E-state index contributed by atoms with van der Waals surface area (Å²) in [6.07, 6.45) is 2.17. The molecule has 0 aromatic rings. The summed E-state index contributed by atoms with van der Waals surface area (Å²) in [4.78, 5) is 0. The number of rotatable bonds is 6. The monoisotopic (exact) mass is 196 g/mol. The van der Waals surface area contributed by atoms with Gasteiger partial charge in [-0.25, -0.2) is 0 Å². The SMILES string of the molecule is CCC[O][Ti]([CH3])([CH3])[O]CCC. The van der Waals surface area contributed by atoms with Crippen molar-refractivity contribution in [2.24, 2.45) is 0 Å². The second-order valence-electron chi connectivity index (χ2n) is 3.10. The van der Waals surface area contributed by atoms with Gasteiger partial charge in [0, 0.05) is 0 Å². The molecule has 11 heavy (non-hydrogen) atoms. The van der Waals surface area contributed by atoms with Crippen molar-refractivity contribution in [3.05, 3.63) is 0 Å². The van der Waals surface area contributed by atoms with E-state index in [1.807, 2.05) is 0 Å². The summed E-state index contributed by atoms with van der Waals surface area (Å²) >= 11 is -2.22. The number of hydrogen-bond acceptors (Lipinski definition) is 2. The minimum atomic E-state index is -2.22. The van der Waals surface area contributed by atoms with E-state index in [-0.39, 0.29) is 0 Å². The van der Waals surface area contributed by atoms with E-state index in [1.54, 1.807) is 0 Å². The Morgan fingerprint density at radius 2 is 1.27 bits per heavy atom. The molecule has 0 aromatic carbocycles. The van der Waals surface area contributed by atoms with Crippen LogP contribution in [0.5, 0.6) is 0 Å². The third-order valence-corrected chi connectivity index (χ3v) is 4.12. The Morgan fingerprint density at radius 1 is 0.909 bits per heavy atom. The Morgan fingerprint density at radius 3 is 1.55 bits per heavy atom. The summed E-state index contributed by atoms with van der Waals surface area (Å²) in [6, 6.07) is 0. The van der Waals surface area contributed by atoms with Gasteiger partial charge in [0.1, 0.15) is 0 Å². The van der Waals surface area contributed by atoms with Crippen molar-refractivity contribution < 1.29 is 24.0 Å². The fourth-order valence-electron chi connectivity index (χ4n) is 0.737. The van der Waals surface area contributed by atoms with Crippen LogP contribution in [-0.4, -0.2) is 13.2 Å². The van der Waals surface area contributed by atoms with E-state index in [0.29, 0.717) is 0 Å². The van der Waals surface area contributed by atoms with Crippen LogP contribution in [0.3, 0.4) is 0 Å². The molecule has 0 aliphatic rings. The van der Waals surface area contributed by atoms with Crippen LogP contribution >= 0.6 is 0 Å². The summed E-state index contributed by atoms with van der Waals surface area (Å²) in [5.74, 6) is 0. The van der Waals surface area contributed by atoms with Crippen molar-refractivity contribution in [2.75, 3.05) is 13.2 Å². The summed E-state index contributed by atoms with van der Waals surface area (Å²) in [7, 11) is 0. The normalized spacial score (nSPS) is 12.0. The van der Waals surface area contributed by atoms with Crippen molar-refractivity contribution in [3.63, 3.8) is 0 Å². The third-order valence-electron chi connectivity index (χ3n) is 1.31. The van der Waals surface area contributed by atoms with E-state index < -0.39 is 17.4 Å². The van der Waals surface area contributed by atoms with Gasteiger partial charge in [0.05, 0.1) is 0 Å². The fourth-order valence-corrected chi connectivity index (χ4v) is 3.04. The minimum absolute atomic E-state index is 0.858. The average molecular weight is 196 g/mol. The molecule has 0 heterocycles. The fraction of sp³-hybridized carbons (Fsp3) is 1.00. The molecule has 0 amide bonds.